The van der Waals surface area contributed by atoms with E-state index < -0.39 is 0 Å². The van der Waals surface area contributed by atoms with Gasteiger partial charge < -0.3 is 10.2 Å². The molecule has 1 N–H and O–H groups in total. The number of pyridine rings is 1. The number of piperidine rings is 2. The fourth-order valence-electron chi connectivity index (χ4n) is 3.88. The van der Waals surface area contributed by atoms with Gasteiger partial charge in [0.25, 0.3) is 5.91 Å². The number of likely N-dealkylation sites (tertiary alicyclic amines) is 1. The summed E-state index contributed by atoms with van der Waals surface area (Å²) in [6, 6.07) is 4.57. The molecule has 1 amide bonds. The Kier molecular flexibility index (Phi) is 5.16. The van der Waals surface area contributed by atoms with E-state index in [4.69, 9.17) is 0 Å². The largest absolute Gasteiger partial charge is 0.370 e. The summed E-state index contributed by atoms with van der Waals surface area (Å²) < 4.78 is 0. The van der Waals surface area contributed by atoms with E-state index in [1.54, 1.807) is 7.05 Å². The highest BCUT2D eigenvalue weighted by Crippen LogP contribution is 2.25. The van der Waals surface area contributed by atoms with E-state index in [2.05, 4.69) is 27.0 Å². The van der Waals surface area contributed by atoms with Crippen molar-refractivity contribution < 1.29 is 4.79 Å². The van der Waals surface area contributed by atoms with Crippen LogP contribution < -0.4 is 10.2 Å². The molecule has 1 unspecified atom stereocenters. The third-order valence-electron chi connectivity index (χ3n) is 5.24. The number of hydrogen-bond acceptors (Lipinski definition) is 4. The zero-order valence-corrected chi connectivity index (χ0v) is 14.3. The number of anilines is 1. The van der Waals surface area contributed by atoms with Crippen molar-refractivity contribution in [1.29, 1.82) is 0 Å². The fourth-order valence-corrected chi connectivity index (χ4v) is 3.88. The minimum atomic E-state index is -0.130. The van der Waals surface area contributed by atoms with Crippen LogP contribution >= 0.6 is 0 Å². The van der Waals surface area contributed by atoms with Gasteiger partial charge in [-0.15, -0.1) is 0 Å². The van der Waals surface area contributed by atoms with Crippen molar-refractivity contribution in [3.05, 3.63) is 24.0 Å². The van der Waals surface area contributed by atoms with E-state index in [9.17, 15) is 4.79 Å². The van der Waals surface area contributed by atoms with E-state index in [-0.39, 0.29) is 5.91 Å². The summed E-state index contributed by atoms with van der Waals surface area (Å²) in [7, 11) is 1.63. The van der Waals surface area contributed by atoms with Crippen LogP contribution in [0.15, 0.2) is 18.3 Å². The van der Waals surface area contributed by atoms with Crippen molar-refractivity contribution in [2.75, 3.05) is 38.1 Å². The Balaban J connectivity index is 1.55. The van der Waals surface area contributed by atoms with Crippen molar-refractivity contribution >= 4 is 11.6 Å². The number of carbonyl (C=O) groups excluding carboxylic acids is 1. The molecule has 0 radical (unpaired) electrons. The zero-order valence-electron chi connectivity index (χ0n) is 14.3. The standard InChI is InChI=1S/C18H28N4O/c1-14-4-3-9-22(13-14)15-7-10-21(11-8-15)16-5-6-17(20-12-16)18(23)19-2/h5-6,12,14-15H,3-4,7-11,13H2,1-2H3,(H,19,23). The van der Waals surface area contributed by atoms with E-state index in [1.807, 2.05) is 18.3 Å². The molecule has 2 fully saturated rings. The van der Waals surface area contributed by atoms with Gasteiger partial charge in [-0.25, -0.2) is 4.98 Å². The predicted octanol–water partition coefficient (Wildman–Crippen LogP) is 2.14. The summed E-state index contributed by atoms with van der Waals surface area (Å²) in [5.41, 5.74) is 1.61. The van der Waals surface area contributed by atoms with Crippen LogP contribution in [-0.4, -0.2) is 55.1 Å². The molecule has 2 saturated heterocycles. The lowest BCUT2D eigenvalue weighted by Gasteiger charge is -2.42. The molecule has 1 atom stereocenters. The van der Waals surface area contributed by atoms with Gasteiger partial charge in [0.15, 0.2) is 0 Å². The molecule has 3 rings (SSSR count). The Morgan fingerprint density at radius 3 is 2.61 bits per heavy atom. The van der Waals surface area contributed by atoms with Gasteiger partial charge in [0, 0.05) is 32.7 Å². The lowest BCUT2D eigenvalue weighted by atomic mass is 9.95. The maximum Gasteiger partial charge on any atom is 0.269 e. The molecule has 3 heterocycles. The first kappa shape index (κ1) is 16.2. The molecular weight excluding hydrogens is 288 g/mol. The van der Waals surface area contributed by atoms with Crippen molar-refractivity contribution in [3.63, 3.8) is 0 Å². The van der Waals surface area contributed by atoms with Crippen LogP contribution in [0.25, 0.3) is 0 Å². The van der Waals surface area contributed by atoms with Crippen LogP contribution in [0.2, 0.25) is 0 Å². The Labute approximate surface area is 139 Å². The average molecular weight is 316 g/mol. The Morgan fingerprint density at radius 1 is 1.22 bits per heavy atom. The number of nitrogens with zero attached hydrogens (tertiary/aromatic N) is 3. The molecule has 0 spiro atoms. The highest BCUT2D eigenvalue weighted by Gasteiger charge is 2.27. The van der Waals surface area contributed by atoms with Crippen molar-refractivity contribution in [1.82, 2.24) is 15.2 Å². The Morgan fingerprint density at radius 2 is 2.00 bits per heavy atom. The van der Waals surface area contributed by atoms with Gasteiger partial charge >= 0.3 is 0 Å². The zero-order chi connectivity index (χ0) is 16.2. The molecule has 1 aromatic rings. The van der Waals surface area contributed by atoms with Crippen LogP contribution in [0, 0.1) is 5.92 Å². The monoisotopic (exact) mass is 316 g/mol. The number of rotatable bonds is 3. The number of carbonyl (C=O) groups is 1. The van der Waals surface area contributed by atoms with Gasteiger partial charge in [-0.1, -0.05) is 6.92 Å². The minimum Gasteiger partial charge on any atom is -0.370 e. The molecule has 1 aromatic heterocycles. The molecule has 23 heavy (non-hydrogen) atoms. The van der Waals surface area contributed by atoms with E-state index in [1.165, 1.54) is 38.8 Å². The van der Waals surface area contributed by atoms with Gasteiger partial charge in [-0.05, 0) is 50.3 Å². The highest BCUT2D eigenvalue weighted by atomic mass is 16.1. The second kappa shape index (κ2) is 7.30. The SMILES string of the molecule is CNC(=O)c1ccc(N2CCC(N3CCCC(C)C3)CC2)cn1. The average Bonchev–Trinajstić information content (AvgIpc) is 2.61. The highest BCUT2D eigenvalue weighted by molar-refractivity contribution is 5.92. The molecule has 2 aliphatic heterocycles. The summed E-state index contributed by atoms with van der Waals surface area (Å²) in [6.45, 7) is 7.08. The van der Waals surface area contributed by atoms with Crippen molar-refractivity contribution in [2.45, 2.75) is 38.6 Å². The van der Waals surface area contributed by atoms with Gasteiger partial charge in [0.1, 0.15) is 5.69 Å². The third kappa shape index (κ3) is 3.83. The number of hydrogen-bond donors (Lipinski definition) is 1. The first-order valence-electron chi connectivity index (χ1n) is 8.84. The first-order valence-corrected chi connectivity index (χ1v) is 8.84. The Hall–Kier alpha value is -1.62. The van der Waals surface area contributed by atoms with E-state index >= 15 is 0 Å². The van der Waals surface area contributed by atoms with Gasteiger partial charge in [-0.3, -0.25) is 9.69 Å². The molecule has 2 aliphatic rings. The smallest absolute Gasteiger partial charge is 0.269 e. The Bertz CT molecular complexity index is 522. The molecular formula is C18H28N4O. The minimum absolute atomic E-state index is 0.130. The molecule has 5 heteroatoms. The van der Waals surface area contributed by atoms with Crippen LogP contribution in [0.1, 0.15) is 43.1 Å². The van der Waals surface area contributed by atoms with Gasteiger partial charge in [0.05, 0.1) is 11.9 Å². The molecule has 0 saturated carbocycles. The normalized spacial score (nSPS) is 23.7. The van der Waals surface area contributed by atoms with Crippen LogP contribution in [-0.2, 0) is 0 Å². The second-order valence-corrected chi connectivity index (χ2v) is 6.94. The lowest BCUT2D eigenvalue weighted by molar-refractivity contribution is 0.0958. The fraction of sp³-hybridized carbons (Fsp3) is 0.667. The van der Waals surface area contributed by atoms with Crippen molar-refractivity contribution in [3.8, 4) is 0 Å². The van der Waals surface area contributed by atoms with E-state index in [0.717, 1.165) is 30.7 Å². The molecule has 0 aliphatic carbocycles. The second-order valence-electron chi connectivity index (χ2n) is 6.94. The predicted molar refractivity (Wildman–Crippen MR) is 92.8 cm³/mol. The van der Waals surface area contributed by atoms with Gasteiger partial charge in [0.2, 0.25) is 0 Å². The summed E-state index contributed by atoms with van der Waals surface area (Å²) in [5, 5.41) is 2.61. The number of amides is 1. The molecule has 0 aromatic carbocycles. The van der Waals surface area contributed by atoms with Crippen molar-refractivity contribution in [2.24, 2.45) is 5.92 Å². The maximum absolute atomic E-state index is 11.6. The molecule has 5 nitrogen and oxygen atoms in total. The number of aromatic nitrogens is 1. The van der Waals surface area contributed by atoms with Crippen LogP contribution in [0.3, 0.4) is 0 Å². The van der Waals surface area contributed by atoms with Crippen LogP contribution in [0.5, 0.6) is 0 Å². The summed E-state index contributed by atoms with van der Waals surface area (Å²) in [4.78, 5) is 20.9. The third-order valence-corrected chi connectivity index (χ3v) is 5.24. The first-order chi connectivity index (χ1) is 11.2. The van der Waals surface area contributed by atoms with E-state index in [0.29, 0.717) is 5.69 Å². The number of nitrogens with one attached hydrogen (secondary N) is 1. The maximum atomic E-state index is 11.6. The molecule has 126 valence electrons. The lowest BCUT2D eigenvalue weighted by Crippen LogP contribution is -2.48. The summed E-state index contributed by atoms with van der Waals surface area (Å²) in [5.74, 6) is 0.720. The van der Waals surface area contributed by atoms with Gasteiger partial charge in [-0.2, -0.15) is 0 Å². The topological polar surface area (TPSA) is 48.5 Å². The van der Waals surface area contributed by atoms with Crippen LogP contribution in [0.4, 0.5) is 5.69 Å². The summed E-state index contributed by atoms with van der Waals surface area (Å²) in [6.07, 6.45) is 7.02. The summed E-state index contributed by atoms with van der Waals surface area (Å²) >= 11 is 0. The quantitative estimate of drug-likeness (QED) is 0.928. The molecule has 0 bridgehead atoms.